The highest BCUT2D eigenvalue weighted by Crippen LogP contribution is 2.45. The normalized spacial score (nSPS) is 24.3. The molecule has 1 aliphatic carbocycles. The maximum Gasteiger partial charge on any atom is 0.269 e. The van der Waals surface area contributed by atoms with Crippen LogP contribution in [0.2, 0.25) is 0 Å². The third-order valence-corrected chi connectivity index (χ3v) is 4.70. The van der Waals surface area contributed by atoms with Crippen molar-refractivity contribution in [3.8, 4) is 0 Å². The fourth-order valence-corrected chi connectivity index (χ4v) is 3.57. The van der Waals surface area contributed by atoms with Crippen molar-refractivity contribution in [2.24, 2.45) is 11.1 Å². The number of nitrogens with zero attached hydrogens (tertiary/aromatic N) is 2. The molecular weight excluding hydrogens is 270 g/mol. The molecule has 1 aromatic heterocycles. The summed E-state index contributed by atoms with van der Waals surface area (Å²) in [5.41, 5.74) is 5.39. The van der Waals surface area contributed by atoms with Crippen molar-refractivity contribution in [1.29, 1.82) is 0 Å². The predicted molar refractivity (Wildman–Crippen MR) is 76.9 cm³/mol. The molecule has 6 heteroatoms. The van der Waals surface area contributed by atoms with E-state index in [1.165, 1.54) is 48.9 Å². The number of nitrogens with two attached hydrogens (primary N) is 1. The third kappa shape index (κ3) is 3.00. The van der Waals surface area contributed by atoms with Gasteiger partial charge in [-0.05, 0) is 30.7 Å². The molecule has 2 heterocycles. The van der Waals surface area contributed by atoms with Crippen LogP contribution >= 0.6 is 0 Å². The Morgan fingerprint density at radius 1 is 1.38 bits per heavy atom. The molecule has 1 amide bonds. The first-order valence-corrected chi connectivity index (χ1v) is 7.58. The van der Waals surface area contributed by atoms with E-state index in [0.717, 1.165) is 13.0 Å². The Bertz CT molecular complexity index is 590. The number of amides is 1. The van der Waals surface area contributed by atoms with Gasteiger partial charge in [-0.3, -0.25) is 9.59 Å². The fraction of sp³-hybridized carbons (Fsp3) is 0.667. The minimum Gasteiger partial charge on any atom is -0.376 e. The maximum atomic E-state index is 11.8. The molecule has 2 aliphatic rings. The van der Waals surface area contributed by atoms with Gasteiger partial charge < -0.3 is 10.5 Å². The minimum absolute atomic E-state index is 0.00331. The number of carbonyl (C=O) groups excluding carboxylic acids is 1. The standard InChI is InChI=1S/C15H21N3O3/c16-14(20)12-4-5-13(19)18(17-12)9-11-8-15(10-21-11)6-2-1-3-7-15/h4-5,11H,1-3,6-10H2,(H2,16,20). The molecule has 1 spiro atoms. The second-order valence-electron chi connectivity index (χ2n) is 6.30. The van der Waals surface area contributed by atoms with Crippen molar-refractivity contribution in [1.82, 2.24) is 9.78 Å². The molecule has 0 aromatic carbocycles. The molecule has 1 aliphatic heterocycles. The first-order valence-electron chi connectivity index (χ1n) is 7.58. The average Bonchev–Trinajstić information content (AvgIpc) is 2.84. The number of hydrogen-bond acceptors (Lipinski definition) is 4. The summed E-state index contributed by atoms with van der Waals surface area (Å²) in [6.07, 6.45) is 7.25. The summed E-state index contributed by atoms with van der Waals surface area (Å²) in [5.74, 6) is -0.625. The van der Waals surface area contributed by atoms with Gasteiger partial charge in [-0.15, -0.1) is 0 Å². The maximum absolute atomic E-state index is 11.8. The highest BCUT2D eigenvalue weighted by atomic mass is 16.5. The number of hydrogen-bond donors (Lipinski definition) is 1. The Morgan fingerprint density at radius 3 is 2.86 bits per heavy atom. The van der Waals surface area contributed by atoms with Crippen molar-refractivity contribution < 1.29 is 9.53 Å². The molecule has 0 radical (unpaired) electrons. The van der Waals surface area contributed by atoms with Crippen LogP contribution in [0.4, 0.5) is 0 Å². The van der Waals surface area contributed by atoms with E-state index in [-0.39, 0.29) is 17.4 Å². The first-order chi connectivity index (χ1) is 10.1. The van der Waals surface area contributed by atoms with Crippen molar-refractivity contribution in [3.63, 3.8) is 0 Å². The Kier molecular flexibility index (Phi) is 3.80. The lowest BCUT2D eigenvalue weighted by atomic mass is 9.73. The lowest BCUT2D eigenvalue weighted by molar-refractivity contribution is 0.0727. The van der Waals surface area contributed by atoms with E-state index >= 15 is 0 Å². The Balaban J connectivity index is 1.71. The van der Waals surface area contributed by atoms with Gasteiger partial charge in [-0.25, -0.2) is 4.68 Å². The van der Waals surface area contributed by atoms with E-state index in [9.17, 15) is 9.59 Å². The molecule has 6 nitrogen and oxygen atoms in total. The molecule has 2 fully saturated rings. The SMILES string of the molecule is NC(=O)c1ccc(=O)n(CC2CC3(CCCCC3)CO2)n1. The molecular formula is C15H21N3O3. The topological polar surface area (TPSA) is 87.2 Å². The fourth-order valence-electron chi connectivity index (χ4n) is 3.57. The highest BCUT2D eigenvalue weighted by molar-refractivity contribution is 5.90. The van der Waals surface area contributed by atoms with Crippen molar-refractivity contribution in [2.45, 2.75) is 51.2 Å². The van der Waals surface area contributed by atoms with Crippen molar-refractivity contribution in [2.75, 3.05) is 6.61 Å². The van der Waals surface area contributed by atoms with Crippen molar-refractivity contribution >= 4 is 5.91 Å². The lowest BCUT2D eigenvalue weighted by Gasteiger charge is -2.31. The second-order valence-corrected chi connectivity index (χ2v) is 6.30. The summed E-state index contributed by atoms with van der Waals surface area (Å²) in [6, 6.07) is 2.69. The number of primary amides is 1. The van der Waals surface area contributed by atoms with Crippen LogP contribution in [0.15, 0.2) is 16.9 Å². The van der Waals surface area contributed by atoms with Crippen LogP contribution in [0, 0.1) is 5.41 Å². The van der Waals surface area contributed by atoms with Crippen LogP contribution in [0.1, 0.15) is 49.0 Å². The Labute approximate surface area is 123 Å². The monoisotopic (exact) mass is 291 g/mol. The number of ether oxygens (including phenoxy) is 1. The third-order valence-electron chi connectivity index (χ3n) is 4.70. The Hall–Kier alpha value is -1.69. The van der Waals surface area contributed by atoms with Crippen LogP contribution in [0.3, 0.4) is 0 Å². The summed E-state index contributed by atoms with van der Waals surface area (Å²) in [7, 11) is 0. The summed E-state index contributed by atoms with van der Waals surface area (Å²) in [4.78, 5) is 23.0. The number of aromatic nitrogens is 2. The molecule has 1 aromatic rings. The quantitative estimate of drug-likeness (QED) is 0.902. The van der Waals surface area contributed by atoms with E-state index in [0.29, 0.717) is 12.0 Å². The van der Waals surface area contributed by atoms with Gasteiger partial charge in [0.15, 0.2) is 0 Å². The van der Waals surface area contributed by atoms with Crippen LogP contribution in [-0.2, 0) is 11.3 Å². The molecule has 1 saturated heterocycles. The minimum atomic E-state index is -0.625. The zero-order valence-electron chi connectivity index (χ0n) is 12.1. The van der Waals surface area contributed by atoms with Crippen LogP contribution in [-0.4, -0.2) is 28.4 Å². The largest absolute Gasteiger partial charge is 0.376 e. The van der Waals surface area contributed by atoms with Crippen LogP contribution in [0.5, 0.6) is 0 Å². The van der Waals surface area contributed by atoms with E-state index in [2.05, 4.69) is 5.10 Å². The van der Waals surface area contributed by atoms with Gasteiger partial charge in [0.25, 0.3) is 11.5 Å². The molecule has 114 valence electrons. The van der Waals surface area contributed by atoms with Gasteiger partial charge in [0.05, 0.1) is 19.3 Å². The molecule has 1 atom stereocenters. The first kappa shape index (κ1) is 14.3. The van der Waals surface area contributed by atoms with Gasteiger partial charge in [-0.2, -0.15) is 5.10 Å². The predicted octanol–water partition coefficient (Wildman–Crippen LogP) is 1.08. The molecule has 21 heavy (non-hydrogen) atoms. The van der Waals surface area contributed by atoms with E-state index in [1.54, 1.807) is 0 Å². The zero-order chi connectivity index (χ0) is 14.9. The highest BCUT2D eigenvalue weighted by Gasteiger charge is 2.40. The molecule has 2 N–H and O–H groups in total. The smallest absolute Gasteiger partial charge is 0.269 e. The molecule has 1 unspecified atom stereocenters. The van der Waals surface area contributed by atoms with E-state index < -0.39 is 5.91 Å². The summed E-state index contributed by atoms with van der Waals surface area (Å²) < 4.78 is 7.19. The average molecular weight is 291 g/mol. The lowest BCUT2D eigenvalue weighted by Crippen LogP contribution is -2.31. The van der Waals surface area contributed by atoms with Gasteiger partial charge in [0.1, 0.15) is 5.69 Å². The second kappa shape index (κ2) is 5.60. The molecule has 1 saturated carbocycles. The van der Waals surface area contributed by atoms with Crippen LogP contribution in [0.25, 0.3) is 0 Å². The summed E-state index contributed by atoms with van der Waals surface area (Å²) >= 11 is 0. The number of rotatable bonds is 3. The number of carbonyl (C=O) groups is 1. The van der Waals surface area contributed by atoms with Crippen molar-refractivity contribution in [3.05, 3.63) is 28.2 Å². The summed E-state index contributed by atoms with van der Waals surface area (Å²) in [5, 5.41) is 4.02. The molecule has 3 rings (SSSR count). The van der Waals surface area contributed by atoms with E-state index in [1.807, 2.05) is 0 Å². The van der Waals surface area contributed by atoms with Crippen LogP contribution < -0.4 is 11.3 Å². The van der Waals surface area contributed by atoms with Gasteiger partial charge >= 0.3 is 0 Å². The molecule has 0 bridgehead atoms. The summed E-state index contributed by atoms with van der Waals surface area (Å²) in [6.45, 7) is 1.17. The van der Waals surface area contributed by atoms with Gasteiger partial charge in [-0.1, -0.05) is 19.3 Å². The van der Waals surface area contributed by atoms with Gasteiger partial charge in [0, 0.05) is 6.07 Å². The zero-order valence-corrected chi connectivity index (χ0v) is 12.1. The van der Waals surface area contributed by atoms with E-state index in [4.69, 9.17) is 10.5 Å². The Morgan fingerprint density at radius 2 is 2.14 bits per heavy atom. The van der Waals surface area contributed by atoms with Gasteiger partial charge in [0.2, 0.25) is 0 Å².